The lowest BCUT2D eigenvalue weighted by atomic mass is 10.1. The Kier molecular flexibility index (Phi) is 2.52. The summed E-state index contributed by atoms with van der Waals surface area (Å²) in [4.78, 5) is 10.8. The third kappa shape index (κ3) is 1.85. The Labute approximate surface area is 107 Å². The number of carboxylic acids is 1. The van der Waals surface area contributed by atoms with Gasteiger partial charge in [0.2, 0.25) is 6.79 Å². The molecule has 0 unspecified atom stereocenters. The minimum absolute atomic E-state index is 0.00900. The van der Waals surface area contributed by atoms with E-state index in [4.69, 9.17) is 19.3 Å². The lowest BCUT2D eigenvalue weighted by Crippen LogP contribution is -1.95. The van der Waals surface area contributed by atoms with Gasteiger partial charge in [0, 0.05) is 11.6 Å². The monoisotopic (exact) mass is 262 g/mol. The van der Waals surface area contributed by atoms with E-state index in [0.717, 1.165) is 0 Å². The number of methoxy groups -OCH3 is 1. The quantitative estimate of drug-likeness (QED) is 0.870. The number of carbonyl (C=O) groups is 1. The van der Waals surface area contributed by atoms with Gasteiger partial charge < -0.3 is 19.3 Å². The summed E-state index contributed by atoms with van der Waals surface area (Å²) in [7, 11) is 1.52. The van der Waals surface area contributed by atoms with Crippen LogP contribution >= 0.6 is 0 Å². The lowest BCUT2D eigenvalue weighted by molar-refractivity contribution is 0.0690. The van der Waals surface area contributed by atoms with Crippen LogP contribution in [0.4, 0.5) is 0 Å². The predicted octanol–water partition coefficient (Wildman–Crippen LogP) is 1.51. The molecule has 0 aliphatic carbocycles. The van der Waals surface area contributed by atoms with Crippen molar-refractivity contribution in [1.82, 2.24) is 10.2 Å². The van der Waals surface area contributed by atoms with Gasteiger partial charge in [0.05, 0.1) is 12.8 Å². The maximum absolute atomic E-state index is 10.8. The Morgan fingerprint density at radius 2 is 2.11 bits per heavy atom. The molecule has 0 atom stereocenters. The topological polar surface area (TPSA) is 93.7 Å². The SMILES string of the molecule is COc1cc2c(cc1-c1cc(C(=O)O)[nH]n1)OCO2. The van der Waals surface area contributed by atoms with E-state index in [1.165, 1.54) is 13.2 Å². The van der Waals surface area contributed by atoms with Gasteiger partial charge in [0.15, 0.2) is 11.5 Å². The number of aromatic amines is 1. The van der Waals surface area contributed by atoms with Crippen molar-refractivity contribution in [3.8, 4) is 28.5 Å². The van der Waals surface area contributed by atoms with Gasteiger partial charge in [-0.3, -0.25) is 5.10 Å². The highest BCUT2D eigenvalue weighted by molar-refractivity contribution is 5.87. The smallest absolute Gasteiger partial charge is 0.353 e. The summed E-state index contributed by atoms with van der Waals surface area (Å²) in [6.07, 6.45) is 0. The third-order valence-electron chi connectivity index (χ3n) is 2.78. The van der Waals surface area contributed by atoms with Crippen LogP contribution in [0.2, 0.25) is 0 Å². The summed E-state index contributed by atoms with van der Waals surface area (Å²) in [6.45, 7) is 0.156. The molecule has 0 fully saturated rings. The number of aromatic carboxylic acids is 1. The first kappa shape index (κ1) is 11.4. The van der Waals surface area contributed by atoms with Crippen LogP contribution in [-0.4, -0.2) is 35.2 Å². The molecule has 0 radical (unpaired) electrons. The number of hydrogen-bond acceptors (Lipinski definition) is 5. The first-order valence-electron chi connectivity index (χ1n) is 5.45. The van der Waals surface area contributed by atoms with Crippen molar-refractivity contribution in [1.29, 1.82) is 0 Å². The highest BCUT2D eigenvalue weighted by Crippen LogP contribution is 2.41. The molecular formula is C12H10N2O5. The van der Waals surface area contributed by atoms with Crippen molar-refractivity contribution >= 4 is 5.97 Å². The molecule has 3 rings (SSSR count). The molecule has 2 N–H and O–H groups in total. The number of nitrogens with one attached hydrogen (secondary N) is 1. The minimum atomic E-state index is -1.07. The number of ether oxygens (including phenoxy) is 3. The number of aromatic nitrogens is 2. The summed E-state index contributed by atoms with van der Waals surface area (Å²) in [6, 6.07) is 4.83. The van der Waals surface area contributed by atoms with Gasteiger partial charge in [0.1, 0.15) is 11.4 Å². The molecule has 2 heterocycles. The van der Waals surface area contributed by atoms with E-state index in [9.17, 15) is 4.79 Å². The predicted molar refractivity (Wildman–Crippen MR) is 63.7 cm³/mol. The van der Waals surface area contributed by atoms with Crippen LogP contribution < -0.4 is 14.2 Å². The molecule has 1 aromatic heterocycles. The van der Waals surface area contributed by atoms with Gasteiger partial charge in [-0.25, -0.2) is 4.79 Å². The van der Waals surface area contributed by atoms with E-state index in [1.807, 2.05) is 0 Å². The molecule has 19 heavy (non-hydrogen) atoms. The second-order valence-corrected chi connectivity index (χ2v) is 3.88. The molecule has 1 aliphatic rings. The number of H-pyrrole nitrogens is 1. The number of nitrogens with zero attached hydrogens (tertiary/aromatic N) is 1. The average molecular weight is 262 g/mol. The number of hydrogen-bond donors (Lipinski definition) is 2. The first-order chi connectivity index (χ1) is 9.19. The lowest BCUT2D eigenvalue weighted by Gasteiger charge is -2.07. The fourth-order valence-corrected chi connectivity index (χ4v) is 1.86. The molecule has 0 amide bonds. The number of fused-ring (bicyclic) bond motifs is 1. The van der Waals surface area contributed by atoms with E-state index in [2.05, 4.69) is 10.2 Å². The van der Waals surface area contributed by atoms with Crippen molar-refractivity contribution in [2.75, 3.05) is 13.9 Å². The van der Waals surface area contributed by atoms with E-state index < -0.39 is 5.97 Å². The van der Waals surface area contributed by atoms with Crippen LogP contribution in [-0.2, 0) is 0 Å². The molecule has 2 aromatic rings. The highest BCUT2D eigenvalue weighted by atomic mass is 16.7. The molecule has 0 bridgehead atoms. The zero-order chi connectivity index (χ0) is 13.4. The van der Waals surface area contributed by atoms with Crippen LogP contribution in [0.1, 0.15) is 10.5 Å². The summed E-state index contributed by atoms with van der Waals surface area (Å²) >= 11 is 0. The van der Waals surface area contributed by atoms with Crippen LogP contribution in [0.3, 0.4) is 0 Å². The second kappa shape index (κ2) is 4.20. The number of rotatable bonds is 3. The molecule has 1 aliphatic heterocycles. The number of benzene rings is 1. The van der Waals surface area contributed by atoms with Gasteiger partial charge in [-0.2, -0.15) is 5.10 Å². The van der Waals surface area contributed by atoms with E-state index in [-0.39, 0.29) is 12.5 Å². The fourth-order valence-electron chi connectivity index (χ4n) is 1.86. The Morgan fingerprint density at radius 1 is 1.37 bits per heavy atom. The van der Waals surface area contributed by atoms with Crippen molar-refractivity contribution in [2.45, 2.75) is 0 Å². The molecule has 0 spiro atoms. The number of carboxylic acid groups (broad SMARTS) is 1. The molecule has 98 valence electrons. The normalized spacial score (nSPS) is 12.5. The Hall–Kier alpha value is -2.70. The minimum Gasteiger partial charge on any atom is -0.496 e. The Morgan fingerprint density at radius 3 is 2.74 bits per heavy atom. The Balaban J connectivity index is 2.10. The third-order valence-corrected chi connectivity index (χ3v) is 2.78. The summed E-state index contributed by atoms with van der Waals surface area (Å²) in [5.41, 5.74) is 1.11. The molecule has 0 saturated carbocycles. The summed E-state index contributed by atoms with van der Waals surface area (Å²) < 4.78 is 15.8. The zero-order valence-corrected chi connectivity index (χ0v) is 9.97. The molecular weight excluding hydrogens is 252 g/mol. The van der Waals surface area contributed by atoms with Crippen molar-refractivity contribution in [2.24, 2.45) is 0 Å². The largest absolute Gasteiger partial charge is 0.496 e. The van der Waals surface area contributed by atoms with Crippen LogP contribution in [0, 0.1) is 0 Å². The molecule has 0 saturated heterocycles. The van der Waals surface area contributed by atoms with Crippen molar-refractivity contribution in [3.05, 3.63) is 23.9 Å². The maximum Gasteiger partial charge on any atom is 0.353 e. The highest BCUT2D eigenvalue weighted by Gasteiger charge is 2.20. The van der Waals surface area contributed by atoms with Crippen molar-refractivity contribution < 1.29 is 24.1 Å². The van der Waals surface area contributed by atoms with E-state index >= 15 is 0 Å². The molecule has 7 heteroatoms. The summed E-state index contributed by atoms with van der Waals surface area (Å²) in [5.74, 6) is 0.636. The van der Waals surface area contributed by atoms with Crippen LogP contribution in [0.15, 0.2) is 18.2 Å². The standard InChI is InChI=1S/C12H10N2O5/c1-17-9-4-11-10(18-5-19-11)2-6(9)7-3-8(12(15)16)14-13-7/h2-4H,5H2,1H3,(H,13,14)(H,15,16). The second-order valence-electron chi connectivity index (χ2n) is 3.88. The van der Waals surface area contributed by atoms with E-state index in [0.29, 0.717) is 28.5 Å². The fraction of sp³-hybridized carbons (Fsp3) is 0.167. The summed E-state index contributed by atoms with van der Waals surface area (Å²) in [5, 5.41) is 15.3. The van der Waals surface area contributed by atoms with Crippen molar-refractivity contribution in [3.63, 3.8) is 0 Å². The van der Waals surface area contributed by atoms with Gasteiger partial charge >= 0.3 is 5.97 Å². The van der Waals surface area contributed by atoms with Crippen LogP contribution in [0.5, 0.6) is 17.2 Å². The average Bonchev–Trinajstić information content (AvgIpc) is 3.05. The zero-order valence-electron chi connectivity index (χ0n) is 9.97. The molecule has 1 aromatic carbocycles. The van der Waals surface area contributed by atoms with Gasteiger partial charge in [-0.15, -0.1) is 0 Å². The first-order valence-corrected chi connectivity index (χ1v) is 5.45. The van der Waals surface area contributed by atoms with Gasteiger partial charge in [-0.1, -0.05) is 0 Å². The Bertz CT molecular complexity index is 650. The maximum atomic E-state index is 10.8. The van der Waals surface area contributed by atoms with E-state index in [1.54, 1.807) is 12.1 Å². The van der Waals surface area contributed by atoms with Gasteiger partial charge in [-0.05, 0) is 12.1 Å². The molecule has 7 nitrogen and oxygen atoms in total. The van der Waals surface area contributed by atoms with Crippen LogP contribution in [0.25, 0.3) is 11.3 Å². The van der Waals surface area contributed by atoms with Gasteiger partial charge in [0.25, 0.3) is 0 Å².